The first-order chi connectivity index (χ1) is 6.31. The molecule has 1 saturated heterocycles. The minimum atomic E-state index is 0.327. The highest BCUT2D eigenvalue weighted by molar-refractivity contribution is 4.90. The van der Waals surface area contributed by atoms with Crippen molar-refractivity contribution in [3.05, 3.63) is 0 Å². The zero-order valence-corrected chi connectivity index (χ0v) is 8.45. The fraction of sp³-hybridized carbons (Fsp3) is 1.00. The first kappa shape index (κ1) is 9.44. The van der Waals surface area contributed by atoms with E-state index in [0.29, 0.717) is 12.6 Å². The van der Waals surface area contributed by atoms with Crippen LogP contribution in [0, 0.1) is 0 Å². The third-order valence-corrected chi connectivity index (χ3v) is 3.33. The summed E-state index contributed by atoms with van der Waals surface area (Å²) >= 11 is 0. The summed E-state index contributed by atoms with van der Waals surface area (Å²) in [5, 5.41) is 8.93. The fourth-order valence-corrected chi connectivity index (χ4v) is 2.20. The van der Waals surface area contributed by atoms with E-state index in [1.54, 1.807) is 0 Å². The molecule has 1 aliphatic heterocycles. The lowest BCUT2D eigenvalue weighted by atomic mass is 10.1. The van der Waals surface area contributed by atoms with Gasteiger partial charge in [0.05, 0.1) is 0 Å². The monoisotopic (exact) mass is 184 g/mol. The average Bonchev–Trinajstić information content (AvgIpc) is 2.92. The van der Waals surface area contributed by atoms with E-state index in [1.165, 1.54) is 32.5 Å². The maximum Gasteiger partial charge on any atom is 0.0446 e. The van der Waals surface area contributed by atoms with Gasteiger partial charge in [-0.3, -0.25) is 4.90 Å². The van der Waals surface area contributed by atoms with Gasteiger partial charge < -0.3 is 10.0 Å². The van der Waals surface area contributed by atoms with Crippen LogP contribution in [0.3, 0.4) is 0 Å². The van der Waals surface area contributed by atoms with Crippen LogP contribution in [0.25, 0.3) is 0 Å². The largest absolute Gasteiger partial charge is 0.396 e. The zero-order chi connectivity index (χ0) is 9.26. The molecule has 13 heavy (non-hydrogen) atoms. The molecule has 1 atom stereocenters. The molecule has 0 radical (unpaired) electrons. The summed E-state index contributed by atoms with van der Waals surface area (Å²) in [6.07, 6.45) is 3.73. The van der Waals surface area contributed by atoms with Gasteiger partial charge in [0.15, 0.2) is 0 Å². The van der Waals surface area contributed by atoms with E-state index in [-0.39, 0.29) is 0 Å². The summed E-state index contributed by atoms with van der Waals surface area (Å²) in [6, 6.07) is 1.47. The molecule has 1 heterocycles. The maximum absolute atomic E-state index is 8.93. The average molecular weight is 184 g/mol. The van der Waals surface area contributed by atoms with Crippen LogP contribution in [0.1, 0.15) is 19.3 Å². The summed E-state index contributed by atoms with van der Waals surface area (Å²) in [5.41, 5.74) is 0. The van der Waals surface area contributed by atoms with Crippen molar-refractivity contribution in [2.75, 3.05) is 33.3 Å². The SMILES string of the molecule is CN1CCN(C2CC2)CC1CCO. The van der Waals surface area contributed by atoms with Crippen LogP contribution in [-0.4, -0.2) is 60.3 Å². The standard InChI is InChI=1S/C10H20N2O/c1-11-5-6-12(9-2-3-9)8-10(11)4-7-13/h9-10,13H,2-8H2,1H3. The Kier molecular flexibility index (Phi) is 2.86. The second-order valence-corrected chi connectivity index (χ2v) is 4.37. The van der Waals surface area contributed by atoms with Crippen molar-refractivity contribution in [1.82, 2.24) is 9.80 Å². The molecule has 0 spiro atoms. The number of aliphatic hydroxyl groups excluding tert-OH is 1. The maximum atomic E-state index is 8.93. The Morgan fingerprint density at radius 1 is 1.31 bits per heavy atom. The van der Waals surface area contributed by atoms with E-state index < -0.39 is 0 Å². The normalized spacial score (nSPS) is 32.3. The van der Waals surface area contributed by atoms with Gasteiger partial charge in [-0.05, 0) is 26.3 Å². The summed E-state index contributed by atoms with van der Waals surface area (Å²) in [5.74, 6) is 0. The minimum Gasteiger partial charge on any atom is -0.396 e. The first-order valence-corrected chi connectivity index (χ1v) is 5.36. The Bertz CT molecular complexity index is 170. The van der Waals surface area contributed by atoms with Crippen LogP contribution in [0.5, 0.6) is 0 Å². The van der Waals surface area contributed by atoms with Gasteiger partial charge >= 0.3 is 0 Å². The summed E-state index contributed by atoms with van der Waals surface area (Å²) in [6.45, 7) is 3.89. The molecular formula is C10H20N2O. The van der Waals surface area contributed by atoms with Gasteiger partial charge in [0.1, 0.15) is 0 Å². The molecule has 2 fully saturated rings. The van der Waals surface area contributed by atoms with Gasteiger partial charge in [0, 0.05) is 38.3 Å². The lowest BCUT2D eigenvalue weighted by molar-refractivity contribution is 0.0740. The molecule has 0 aromatic heterocycles. The molecule has 0 aromatic rings. The van der Waals surface area contributed by atoms with Crippen molar-refractivity contribution >= 4 is 0 Å². The summed E-state index contributed by atoms with van der Waals surface area (Å²) < 4.78 is 0. The number of aliphatic hydroxyl groups is 1. The van der Waals surface area contributed by atoms with Crippen LogP contribution in [0.2, 0.25) is 0 Å². The van der Waals surface area contributed by atoms with E-state index >= 15 is 0 Å². The van der Waals surface area contributed by atoms with Gasteiger partial charge in [-0.15, -0.1) is 0 Å². The molecule has 0 amide bonds. The van der Waals surface area contributed by atoms with Crippen molar-refractivity contribution in [2.45, 2.75) is 31.3 Å². The van der Waals surface area contributed by atoms with Crippen LogP contribution in [-0.2, 0) is 0 Å². The quantitative estimate of drug-likeness (QED) is 0.676. The van der Waals surface area contributed by atoms with E-state index in [9.17, 15) is 0 Å². The number of nitrogens with zero attached hydrogens (tertiary/aromatic N) is 2. The van der Waals surface area contributed by atoms with Crippen molar-refractivity contribution < 1.29 is 5.11 Å². The van der Waals surface area contributed by atoms with Crippen LogP contribution >= 0.6 is 0 Å². The van der Waals surface area contributed by atoms with E-state index in [2.05, 4.69) is 16.8 Å². The van der Waals surface area contributed by atoms with Gasteiger partial charge in [-0.25, -0.2) is 0 Å². The first-order valence-electron chi connectivity index (χ1n) is 5.36. The molecule has 1 unspecified atom stereocenters. The van der Waals surface area contributed by atoms with Crippen molar-refractivity contribution in [3.8, 4) is 0 Å². The highest BCUT2D eigenvalue weighted by atomic mass is 16.3. The Balaban J connectivity index is 1.84. The predicted octanol–water partition coefficient (Wildman–Crippen LogP) is 0.147. The highest BCUT2D eigenvalue weighted by Gasteiger charge is 2.33. The molecule has 1 N–H and O–H groups in total. The number of hydrogen-bond donors (Lipinski definition) is 1. The Morgan fingerprint density at radius 3 is 2.69 bits per heavy atom. The Labute approximate surface area is 80.3 Å². The van der Waals surface area contributed by atoms with Crippen LogP contribution < -0.4 is 0 Å². The van der Waals surface area contributed by atoms with Gasteiger partial charge in [-0.1, -0.05) is 0 Å². The molecule has 0 aromatic carbocycles. The lowest BCUT2D eigenvalue weighted by Crippen LogP contribution is -2.52. The molecule has 2 aliphatic rings. The molecule has 2 rings (SSSR count). The predicted molar refractivity (Wildman–Crippen MR) is 52.7 cm³/mol. The molecule has 0 bridgehead atoms. The van der Waals surface area contributed by atoms with Crippen molar-refractivity contribution in [3.63, 3.8) is 0 Å². The smallest absolute Gasteiger partial charge is 0.0446 e. The Hall–Kier alpha value is -0.120. The molecule has 1 aliphatic carbocycles. The van der Waals surface area contributed by atoms with Crippen LogP contribution in [0.15, 0.2) is 0 Å². The number of piperazine rings is 1. The number of rotatable bonds is 3. The van der Waals surface area contributed by atoms with Crippen LogP contribution in [0.4, 0.5) is 0 Å². The van der Waals surface area contributed by atoms with Crippen molar-refractivity contribution in [2.24, 2.45) is 0 Å². The second-order valence-electron chi connectivity index (χ2n) is 4.37. The van der Waals surface area contributed by atoms with Crippen molar-refractivity contribution in [1.29, 1.82) is 0 Å². The molecule has 3 nitrogen and oxygen atoms in total. The number of likely N-dealkylation sites (N-methyl/N-ethyl adjacent to an activating group) is 1. The van der Waals surface area contributed by atoms with Gasteiger partial charge in [-0.2, -0.15) is 0 Å². The fourth-order valence-electron chi connectivity index (χ4n) is 2.20. The Morgan fingerprint density at radius 2 is 2.08 bits per heavy atom. The van der Waals surface area contributed by atoms with Gasteiger partial charge in [0.25, 0.3) is 0 Å². The van der Waals surface area contributed by atoms with E-state index in [1.807, 2.05) is 0 Å². The summed E-state index contributed by atoms with van der Waals surface area (Å²) in [7, 11) is 2.17. The molecule has 3 heteroatoms. The minimum absolute atomic E-state index is 0.327. The lowest BCUT2D eigenvalue weighted by Gasteiger charge is -2.39. The topological polar surface area (TPSA) is 26.7 Å². The third kappa shape index (κ3) is 2.22. The zero-order valence-electron chi connectivity index (χ0n) is 8.45. The third-order valence-electron chi connectivity index (χ3n) is 3.33. The van der Waals surface area contributed by atoms with E-state index in [0.717, 1.165) is 12.5 Å². The molecule has 76 valence electrons. The van der Waals surface area contributed by atoms with Gasteiger partial charge in [0.2, 0.25) is 0 Å². The van der Waals surface area contributed by atoms with E-state index in [4.69, 9.17) is 5.11 Å². The second kappa shape index (κ2) is 3.95. The number of hydrogen-bond acceptors (Lipinski definition) is 3. The summed E-state index contributed by atoms with van der Waals surface area (Å²) in [4.78, 5) is 4.98. The highest BCUT2D eigenvalue weighted by Crippen LogP contribution is 2.28. The molecule has 1 saturated carbocycles. The molecular weight excluding hydrogens is 164 g/mol.